The van der Waals surface area contributed by atoms with Crippen LogP contribution in [0.1, 0.15) is 35.4 Å². The van der Waals surface area contributed by atoms with Crippen molar-refractivity contribution in [1.82, 2.24) is 5.32 Å². The van der Waals surface area contributed by atoms with Gasteiger partial charge in [-0.2, -0.15) is 0 Å². The Morgan fingerprint density at radius 3 is 2.31 bits per heavy atom. The summed E-state index contributed by atoms with van der Waals surface area (Å²) >= 11 is 3.39. The van der Waals surface area contributed by atoms with Crippen LogP contribution in [-0.4, -0.2) is 33.3 Å². The number of halogens is 1. The van der Waals surface area contributed by atoms with Gasteiger partial charge in [0.25, 0.3) is 5.91 Å². The van der Waals surface area contributed by atoms with Gasteiger partial charge in [0.05, 0.1) is 20.3 Å². The maximum Gasteiger partial charge on any atom is 0.251 e. The number of carbonyl (C=O) groups excluding carboxylic acids is 1. The molecular formula is C20H24BrNO4. The van der Waals surface area contributed by atoms with Gasteiger partial charge in [0.15, 0.2) is 0 Å². The topological polar surface area (TPSA) is 56.8 Å². The maximum absolute atomic E-state index is 12.3. The Balaban J connectivity index is 1.80. The van der Waals surface area contributed by atoms with Crippen LogP contribution >= 0.6 is 15.9 Å². The molecule has 5 nitrogen and oxygen atoms in total. The number of benzene rings is 2. The SMILES string of the molecule is COc1cc(C(=O)NCCCO[C@@H](C)c2ccccc2)cc(OC)c1Br. The summed E-state index contributed by atoms with van der Waals surface area (Å²) in [5.41, 5.74) is 1.63. The third kappa shape index (κ3) is 5.47. The average molecular weight is 422 g/mol. The summed E-state index contributed by atoms with van der Waals surface area (Å²) in [6, 6.07) is 13.4. The van der Waals surface area contributed by atoms with Gasteiger partial charge < -0.3 is 19.5 Å². The summed E-state index contributed by atoms with van der Waals surface area (Å²) in [4.78, 5) is 12.3. The fraction of sp³-hybridized carbons (Fsp3) is 0.350. The number of nitrogens with one attached hydrogen (secondary N) is 1. The lowest BCUT2D eigenvalue weighted by Crippen LogP contribution is -2.25. The van der Waals surface area contributed by atoms with Crippen LogP contribution in [-0.2, 0) is 4.74 Å². The molecule has 0 bridgehead atoms. The predicted molar refractivity (Wildman–Crippen MR) is 105 cm³/mol. The van der Waals surface area contributed by atoms with Crippen LogP contribution in [0, 0.1) is 0 Å². The van der Waals surface area contributed by atoms with E-state index in [0.29, 0.717) is 34.7 Å². The van der Waals surface area contributed by atoms with Crippen LogP contribution < -0.4 is 14.8 Å². The zero-order valence-corrected chi connectivity index (χ0v) is 16.8. The van der Waals surface area contributed by atoms with E-state index in [-0.39, 0.29) is 12.0 Å². The van der Waals surface area contributed by atoms with Gasteiger partial charge in [-0.15, -0.1) is 0 Å². The first kappa shape index (κ1) is 20.3. The second-order valence-electron chi connectivity index (χ2n) is 5.73. The van der Waals surface area contributed by atoms with Crippen LogP contribution in [0.25, 0.3) is 0 Å². The van der Waals surface area contributed by atoms with Gasteiger partial charge in [-0.05, 0) is 47.0 Å². The first-order chi connectivity index (χ1) is 12.6. The molecule has 2 rings (SSSR count). The van der Waals surface area contributed by atoms with Crippen molar-refractivity contribution in [2.24, 2.45) is 0 Å². The fourth-order valence-corrected chi connectivity index (χ4v) is 3.01. The van der Waals surface area contributed by atoms with Crippen molar-refractivity contribution in [3.8, 4) is 11.5 Å². The Kier molecular flexibility index (Phi) is 7.94. The van der Waals surface area contributed by atoms with Gasteiger partial charge in [-0.1, -0.05) is 30.3 Å². The standard InChI is InChI=1S/C20H24BrNO4/c1-14(15-8-5-4-6-9-15)26-11-7-10-22-20(23)16-12-17(24-2)19(21)18(13-16)25-3/h4-6,8-9,12-14H,7,10-11H2,1-3H3,(H,22,23)/t14-/m0/s1. The Bertz CT molecular complexity index is 696. The van der Waals surface area contributed by atoms with Gasteiger partial charge in [0.1, 0.15) is 16.0 Å². The molecule has 0 radical (unpaired) electrons. The summed E-state index contributed by atoms with van der Waals surface area (Å²) in [7, 11) is 3.10. The van der Waals surface area contributed by atoms with Crippen LogP contribution in [0.4, 0.5) is 0 Å². The van der Waals surface area contributed by atoms with Gasteiger partial charge in [0, 0.05) is 18.7 Å². The van der Waals surface area contributed by atoms with E-state index in [2.05, 4.69) is 21.2 Å². The summed E-state index contributed by atoms with van der Waals surface area (Å²) in [5, 5.41) is 2.89. The predicted octanol–water partition coefficient (Wildman–Crippen LogP) is 4.36. The number of hydrogen-bond acceptors (Lipinski definition) is 4. The monoisotopic (exact) mass is 421 g/mol. The number of methoxy groups -OCH3 is 2. The van der Waals surface area contributed by atoms with Crippen LogP contribution in [0.3, 0.4) is 0 Å². The van der Waals surface area contributed by atoms with Crippen molar-refractivity contribution in [2.75, 3.05) is 27.4 Å². The van der Waals surface area contributed by atoms with Gasteiger partial charge >= 0.3 is 0 Å². The number of rotatable bonds is 9. The third-order valence-corrected chi connectivity index (χ3v) is 4.73. The quantitative estimate of drug-likeness (QED) is 0.610. The molecule has 26 heavy (non-hydrogen) atoms. The minimum atomic E-state index is -0.176. The zero-order chi connectivity index (χ0) is 18.9. The molecule has 1 amide bonds. The maximum atomic E-state index is 12.3. The van der Waals surface area contributed by atoms with Crippen LogP contribution in [0.2, 0.25) is 0 Å². The van der Waals surface area contributed by atoms with E-state index in [1.165, 1.54) is 0 Å². The Hall–Kier alpha value is -2.05. The molecule has 0 aliphatic carbocycles. The summed E-state index contributed by atoms with van der Waals surface area (Å²) < 4.78 is 17.0. The first-order valence-electron chi connectivity index (χ1n) is 8.43. The highest BCUT2D eigenvalue weighted by atomic mass is 79.9. The van der Waals surface area contributed by atoms with Crippen molar-refractivity contribution in [2.45, 2.75) is 19.4 Å². The van der Waals surface area contributed by atoms with Crippen LogP contribution in [0.15, 0.2) is 46.9 Å². The molecule has 0 saturated heterocycles. The molecule has 2 aromatic rings. The third-order valence-electron chi connectivity index (χ3n) is 3.95. The van der Waals surface area contributed by atoms with E-state index in [4.69, 9.17) is 14.2 Å². The molecule has 6 heteroatoms. The van der Waals surface area contributed by atoms with Crippen molar-refractivity contribution in [3.05, 3.63) is 58.1 Å². The highest BCUT2D eigenvalue weighted by Crippen LogP contribution is 2.35. The van der Waals surface area contributed by atoms with E-state index < -0.39 is 0 Å². The molecule has 0 aliphatic heterocycles. The molecular weight excluding hydrogens is 398 g/mol. The van der Waals surface area contributed by atoms with E-state index in [9.17, 15) is 4.79 Å². The normalized spacial score (nSPS) is 11.7. The minimum Gasteiger partial charge on any atom is -0.495 e. The minimum absolute atomic E-state index is 0.0342. The Morgan fingerprint density at radius 2 is 1.73 bits per heavy atom. The fourth-order valence-electron chi connectivity index (χ4n) is 2.46. The van der Waals surface area contributed by atoms with Crippen molar-refractivity contribution < 1.29 is 19.0 Å². The highest BCUT2D eigenvalue weighted by molar-refractivity contribution is 9.10. The molecule has 1 N–H and O–H groups in total. The molecule has 1 atom stereocenters. The number of carbonyl (C=O) groups is 1. The van der Waals surface area contributed by atoms with Crippen molar-refractivity contribution in [3.63, 3.8) is 0 Å². The molecule has 0 spiro atoms. The van der Waals surface area contributed by atoms with E-state index in [1.807, 2.05) is 37.3 Å². The summed E-state index contributed by atoms with van der Waals surface area (Å²) in [5.74, 6) is 0.925. The van der Waals surface area contributed by atoms with Crippen molar-refractivity contribution in [1.29, 1.82) is 0 Å². The molecule has 0 aromatic heterocycles. The van der Waals surface area contributed by atoms with E-state index in [1.54, 1.807) is 26.4 Å². The van der Waals surface area contributed by atoms with Crippen LogP contribution in [0.5, 0.6) is 11.5 Å². The molecule has 0 fully saturated rings. The van der Waals surface area contributed by atoms with Crippen molar-refractivity contribution >= 4 is 21.8 Å². The lowest BCUT2D eigenvalue weighted by molar-refractivity contribution is 0.0635. The smallest absolute Gasteiger partial charge is 0.251 e. The number of ether oxygens (including phenoxy) is 3. The number of amides is 1. The molecule has 0 saturated carbocycles. The Morgan fingerprint density at radius 1 is 1.12 bits per heavy atom. The highest BCUT2D eigenvalue weighted by Gasteiger charge is 2.14. The molecule has 0 aliphatic rings. The lowest BCUT2D eigenvalue weighted by Gasteiger charge is -2.14. The van der Waals surface area contributed by atoms with E-state index >= 15 is 0 Å². The summed E-state index contributed by atoms with van der Waals surface area (Å²) in [6.45, 7) is 3.12. The Labute approximate surface area is 162 Å². The summed E-state index contributed by atoms with van der Waals surface area (Å²) in [6.07, 6.45) is 0.764. The second-order valence-corrected chi connectivity index (χ2v) is 6.52. The molecule has 0 unspecified atom stereocenters. The van der Waals surface area contributed by atoms with E-state index in [0.717, 1.165) is 12.0 Å². The molecule has 0 heterocycles. The van der Waals surface area contributed by atoms with Gasteiger partial charge in [0.2, 0.25) is 0 Å². The first-order valence-corrected chi connectivity index (χ1v) is 9.22. The van der Waals surface area contributed by atoms with Gasteiger partial charge in [-0.25, -0.2) is 0 Å². The number of hydrogen-bond donors (Lipinski definition) is 1. The van der Waals surface area contributed by atoms with Gasteiger partial charge in [-0.3, -0.25) is 4.79 Å². The largest absolute Gasteiger partial charge is 0.495 e. The molecule has 2 aromatic carbocycles. The second kappa shape index (κ2) is 10.2. The average Bonchev–Trinajstić information content (AvgIpc) is 2.68. The lowest BCUT2D eigenvalue weighted by atomic mass is 10.1. The molecule has 140 valence electrons. The zero-order valence-electron chi connectivity index (χ0n) is 15.3.